The Morgan fingerprint density at radius 3 is 2.50 bits per heavy atom. The summed E-state index contributed by atoms with van der Waals surface area (Å²) in [5.74, 6) is -0.702. The van der Waals surface area contributed by atoms with Gasteiger partial charge in [-0.2, -0.15) is 13.8 Å². The number of rotatable bonds is 3. The van der Waals surface area contributed by atoms with Gasteiger partial charge in [-0.25, -0.2) is 0 Å². The Morgan fingerprint density at radius 1 is 1.57 bits per heavy atom. The molecule has 1 heterocycles. The van der Waals surface area contributed by atoms with E-state index < -0.39 is 16.3 Å². The summed E-state index contributed by atoms with van der Waals surface area (Å²) in [4.78, 5) is 0.221. The standard InChI is InChI=1S/C7H10BrF2N3O/c1-3-6(2,11)4-12-5(14-13-4)7(8,9)10/h3,11H2,1-2H3. The number of nitrogens with two attached hydrogens (primary N) is 1. The van der Waals surface area contributed by atoms with Crippen molar-refractivity contribution in [3.05, 3.63) is 11.7 Å². The second kappa shape index (κ2) is 3.54. The maximum atomic E-state index is 12.6. The second-order valence-corrected chi connectivity index (χ2v) is 4.19. The summed E-state index contributed by atoms with van der Waals surface area (Å²) in [6.45, 7) is 3.45. The summed E-state index contributed by atoms with van der Waals surface area (Å²) >= 11 is 2.12. The minimum absolute atomic E-state index is 0.0779. The van der Waals surface area contributed by atoms with Crippen molar-refractivity contribution in [1.29, 1.82) is 0 Å². The van der Waals surface area contributed by atoms with E-state index >= 15 is 0 Å². The Kier molecular flexibility index (Phi) is 2.91. The summed E-state index contributed by atoms with van der Waals surface area (Å²) < 4.78 is 29.7. The zero-order valence-electron chi connectivity index (χ0n) is 7.72. The van der Waals surface area contributed by atoms with Gasteiger partial charge < -0.3 is 10.3 Å². The van der Waals surface area contributed by atoms with E-state index in [4.69, 9.17) is 5.73 Å². The Labute approximate surface area is 88.0 Å². The summed E-state index contributed by atoms with van der Waals surface area (Å²) in [7, 11) is 0. The zero-order chi connectivity index (χ0) is 11.0. The highest BCUT2D eigenvalue weighted by Gasteiger charge is 2.37. The van der Waals surface area contributed by atoms with Gasteiger partial charge in [0.1, 0.15) is 0 Å². The largest absolute Gasteiger partial charge is 0.378 e. The van der Waals surface area contributed by atoms with E-state index in [0.717, 1.165) is 0 Å². The highest BCUT2D eigenvalue weighted by molar-refractivity contribution is 9.09. The Bertz CT molecular complexity index is 321. The van der Waals surface area contributed by atoms with E-state index in [1.165, 1.54) is 0 Å². The normalized spacial score (nSPS) is 16.7. The van der Waals surface area contributed by atoms with E-state index in [2.05, 4.69) is 30.6 Å². The van der Waals surface area contributed by atoms with Gasteiger partial charge in [-0.15, -0.1) is 0 Å². The lowest BCUT2D eigenvalue weighted by Crippen LogP contribution is -2.33. The zero-order valence-corrected chi connectivity index (χ0v) is 9.31. The molecule has 0 aliphatic carbocycles. The van der Waals surface area contributed by atoms with Crippen LogP contribution in [-0.2, 0) is 10.4 Å². The van der Waals surface area contributed by atoms with Crippen LogP contribution in [0.1, 0.15) is 32.0 Å². The van der Waals surface area contributed by atoms with Crippen molar-refractivity contribution in [2.75, 3.05) is 0 Å². The number of hydrogen-bond acceptors (Lipinski definition) is 4. The Morgan fingerprint density at radius 2 is 2.14 bits per heavy atom. The molecule has 1 unspecified atom stereocenters. The van der Waals surface area contributed by atoms with E-state index in [1.807, 2.05) is 6.92 Å². The third-order valence-corrected chi connectivity index (χ3v) is 2.25. The summed E-state index contributed by atoms with van der Waals surface area (Å²) in [5, 5.41) is 3.40. The van der Waals surface area contributed by atoms with Crippen LogP contribution in [0.15, 0.2) is 4.52 Å². The molecule has 7 heteroatoms. The molecule has 1 aromatic heterocycles. The minimum Gasteiger partial charge on any atom is -0.331 e. The summed E-state index contributed by atoms with van der Waals surface area (Å²) in [6.07, 6.45) is 0.528. The lowest BCUT2D eigenvalue weighted by atomic mass is 10.0. The Balaban J connectivity index is 3.00. The molecule has 80 valence electrons. The minimum atomic E-state index is -3.30. The maximum Gasteiger partial charge on any atom is 0.378 e. The van der Waals surface area contributed by atoms with E-state index in [-0.39, 0.29) is 5.82 Å². The molecule has 1 aromatic rings. The molecule has 0 aliphatic rings. The number of aromatic nitrogens is 2. The van der Waals surface area contributed by atoms with E-state index in [1.54, 1.807) is 6.92 Å². The molecule has 0 saturated heterocycles. The molecule has 0 spiro atoms. The van der Waals surface area contributed by atoms with Gasteiger partial charge in [-0.1, -0.05) is 12.1 Å². The lowest BCUT2D eigenvalue weighted by Gasteiger charge is -2.16. The van der Waals surface area contributed by atoms with Crippen molar-refractivity contribution in [2.45, 2.75) is 30.6 Å². The fraction of sp³-hybridized carbons (Fsp3) is 0.714. The van der Waals surface area contributed by atoms with Crippen molar-refractivity contribution in [1.82, 2.24) is 10.1 Å². The van der Waals surface area contributed by atoms with Gasteiger partial charge in [0.15, 0.2) is 5.82 Å². The molecule has 1 atom stereocenters. The van der Waals surface area contributed by atoms with E-state index in [0.29, 0.717) is 6.42 Å². The van der Waals surface area contributed by atoms with Gasteiger partial charge in [-0.3, -0.25) is 0 Å². The van der Waals surface area contributed by atoms with Crippen LogP contribution in [0.2, 0.25) is 0 Å². The van der Waals surface area contributed by atoms with Gasteiger partial charge in [-0.05, 0) is 13.3 Å². The van der Waals surface area contributed by atoms with Gasteiger partial charge in [0.2, 0.25) is 0 Å². The quantitative estimate of drug-likeness (QED) is 0.854. The third kappa shape index (κ3) is 2.27. The molecule has 1 rings (SSSR count). The average Bonchev–Trinajstić information content (AvgIpc) is 2.51. The smallest absolute Gasteiger partial charge is 0.331 e. The van der Waals surface area contributed by atoms with Gasteiger partial charge in [0.25, 0.3) is 0 Å². The van der Waals surface area contributed by atoms with Crippen molar-refractivity contribution < 1.29 is 13.3 Å². The molecule has 2 N–H and O–H groups in total. The molecule has 0 saturated carbocycles. The van der Waals surface area contributed by atoms with Crippen molar-refractivity contribution in [3.8, 4) is 0 Å². The first-order chi connectivity index (χ1) is 6.27. The molecule has 0 bridgehead atoms. The van der Waals surface area contributed by atoms with Crippen LogP contribution in [0.3, 0.4) is 0 Å². The van der Waals surface area contributed by atoms with Crippen LogP contribution in [0.5, 0.6) is 0 Å². The molecule has 14 heavy (non-hydrogen) atoms. The lowest BCUT2D eigenvalue weighted by molar-refractivity contribution is 0.0725. The fourth-order valence-electron chi connectivity index (χ4n) is 0.729. The average molecular weight is 270 g/mol. The monoisotopic (exact) mass is 269 g/mol. The number of halogens is 3. The van der Waals surface area contributed by atoms with Crippen LogP contribution < -0.4 is 5.73 Å². The van der Waals surface area contributed by atoms with Crippen LogP contribution in [0, 0.1) is 0 Å². The predicted octanol–water partition coefficient (Wildman–Crippen LogP) is 2.10. The SMILES string of the molecule is CCC(C)(N)c1noc(C(F)(F)Br)n1. The van der Waals surface area contributed by atoms with Crippen molar-refractivity contribution in [2.24, 2.45) is 5.73 Å². The fourth-order valence-corrected chi connectivity index (χ4v) is 0.890. The van der Waals surface area contributed by atoms with Crippen LogP contribution in [-0.4, -0.2) is 10.1 Å². The molecular formula is C7H10BrF2N3O. The van der Waals surface area contributed by atoms with Gasteiger partial charge >= 0.3 is 10.7 Å². The van der Waals surface area contributed by atoms with Gasteiger partial charge in [0.05, 0.1) is 5.54 Å². The predicted molar refractivity (Wildman–Crippen MR) is 48.9 cm³/mol. The summed E-state index contributed by atoms with van der Waals surface area (Å²) in [5.41, 5.74) is 4.90. The molecular weight excluding hydrogens is 260 g/mol. The Hall–Kier alpha value is -0.560. The first kappa shape index (κ1) is 11.5. The van der Waals surface area contributed by atoms with Crippen LogP contribution in [0.25, 0.3) is 0 Å². The third-order valence-electron chi connectivity index (χ3n) is 1.91. The van der Waals surface area contributed by atoms with Crippen LogP contribution >= 0.6 is 15.9 Å². The molecule has 0 aromatic carbocycles. The van der Waals surface area contributed by atoms with Crippen LogP contribution in [0.4, 0.5) is 8.78 Å². The highest BCUT2D eigenvalue weighted by atomic mass is 79.9. The van der Waals surface area contributed by atoms with Crippen molar-refractivity contribution >= 4 is 15.9 Å². The van der Waals surface area contributed by atoms with Crippen molar-refractivity contribution in [3.63, 3.8) is 0 Å². The highest BCUT2D eigenvalue weighted by Crippen LogP contribution is 2.34. The molecule has 0 fully saturated rings. The van der Waals surface area contributed by atoms with E-state index in [9.17, 15) is 8.78 Å². The number of nitrogens with zero attached hydrogens (tertiary/aromatic N) is 2. The number of alkyl halides is 3. The molecule has 4 nitrogen and oxygen atoms in total. The topological polar surface area (TPSA) is 64.9 Å². The molecule has 0 aliphatic heterocycles. The first-order valence-electron chi connectivity index (χ1n) is 3.97. The maximum absolute atomic E-state index is 12.6. The second-order valence-electron chi connectivity index (χ2n) is 3.19. The number of hydrogen-bond donors (Lipinski definition) is 1. The summed E-state index contributed by atoms with van der Waals surface area (Å²) in [6, 6.07) is 0. The first-order valence-corrected chi connectivity index (χ1v) is 4.77. The van der Waals surface area contributed by atoms with Gasteiger partial charge in [0, 0.05) is 15.9 Å². The molecule has 0 amide bonds. The molecule has 0 radical (unpaired) electrons.